The molecule has 6 aromatic rings. The Morgan fingerprint density at radius 3 is 2.44 bits per heavy atom. The van der Waals surface area contributed by atoms with Gasteiger partial charge in [0.15, 0.2) is 5.16 Å². The molecule has 2 amide bonds. The molecule has 3 aromatic carbocycles. The Hall–Kier alpha value is -4.76. The molecule has 0 aliphatic rings. The molecule has 0 spiro atoms. The molecule has 9 heteroatoms. The van der Waals surface area contributed by atoms with Gasteiger partial charge in [-0.2, -0.15) is 0 Å². The van der Waals surface area contributed by atoms with Gasteiger partial charge in [0.1, 0.15) is 5.65 Å². The second-order valence-corrected chi connectivity index (χ2v) is 10.8. The second-order valence-electron chi connectivity index (χ2n) is 9.65. The summed E-state index contributed by atoms with van der Waals surface area (Å²) in [7, 11) is 0. The van der Waals surface area contributed by atoms with Gasteiger partial charge in [-0.25, -0.2) is 9.97 Å². The molecule has 0 radical (unpaired) electrons. The fourth-order valence-electron chi connectivity index (χ4n) is 4.72. The Balaban J connectivity index is 1.34. The molecule has 0 saturated carbocycles. The van der Waals surface area contributed by atoms with Crippen molar-refractivity contribution in [2.45, 2.75) is 36.8 Å². The summed E-state index contributed by atoms with van der Waals surface area (Å²) in [6.45, 7) is 2.82. The van der Waals surface area contributed by atoms with E-state index in [9.17, 15) is 9.59 Å². The predicted octanol–water partition coefficient (Wildman–Crippen LogP) is 5.55. The van der Waals surface area contributed by atoms with E-state index in [0.717, 1.165) is 33.2 Å². The van der Waals surface area contributed by atoms with Crippen molar-refractivity contribution in [1.82, 2.24) is 30.0 Å². The topological polar surface area (TPSA) is 101 Å². The van der Waals surface area contributed by atoms with Crippen LogP contribution in [-0.4, -0.2) is 36.4 Å². The molecule has 3 heterocycles. The first kappa shape index (κ1) is 26.5. The maximum atomic E-state index is 13.2. The highest BCUT2D eigenvalue weighted by Crippen LogP contribution is 2.32. The first-order chi connectivity index (χ1) is 20.1. The quantitative estimate of drug-likeness (QED) is 0.178. The molecule has 0 saturated heterocycles. The lowest BCUT2D eigenvalue weighted by Gasteiger charge is -2.16. The Kier molecular flexibility index (Phi) is 7.60. The van der Waals surface area contributed by atoms with Crippen molar-refractivity contribution >= 4 is 51.2 Å². The summed E-state index contributed by atoms with van der Waals surface area (Å²) in [6, 6.07) is 27.0. The molecule has 41 heavy (non-hydrogen) atoms. The number of nitrogens with one attached hydrogen (secondary N) is 2. The van der Waals surface area contributed by atoms with E-state index in [2.05, 4.69) is 15.6 Å². The predicted molar refractivity (Wildman–Crippen MR) is 162 cm³/mol. The minimum absolute atomic E-state index is 0.0742. The van der Waals surface area contributed by atoms with Crippen LogP contribution in [0.1, 0.15) is 34.8 Å². The highest BCUT2D eigenvalue weighted by Gasteiger charge is 2.23. The van der Waals surface area contributed by atoms with E-state index in [4.69, 9.17) is 9.97 Å². The normalized spacial score (nSPS) is 12.0. The summed E-state index contributed by atoms with van der Waals surface area (Å²) in [5, 5.41) is 7.12. The number of benzene rings is 3. The zero-order valence-electron chi connectivity index (χ0n) is 22.4. The first-order valence-corrected chi connectivity index (χ1v) is 14.3. The third kappa shape index (κ3) is 5.62. The van der Waals surface area contributed by atoms with Gasteiger partial charge < -0.3 is 10.6 Å². The van der Waals surface area contributed by atoms with Crippen LogP contribution in [0.2, 0.25) is 0 Å². The zero-order chi connectivity index (χ0) is 28.2. The molecule has 0 fully saturated rings. The molecule has 204 valence electrons. The zero-order valence-corrected chi connectivity index (χ0v) is 23.3. The van der Waals surface area contributed by atoms with E-state index in [1.54, 1.807) is 24.5 Å². The fraction of sp³-hybridized carbons (Fsp3) is 0.156. The van der Waals surface area contributed by atoms with Crippen LogP contribution in [0.3, 0.4) is 0 Å². The van der Waals surface area contributed by atoms with Gasteiger partial charge in [0.25, 0.3) is 5.91 Å². The molecule has 0 bridgehead atoms. The SMILES string of the molecule is CC[C@H](Sc1nc2cc(C(=O)NCc3ccccc3)ccc2c2nc3ccccc3n12)C(=O)NCc1cccnc1. The lowest BCUT2D eigenvalue weighted by molar-refractivity contribution is -0.120. The monoisotopic (exact) mass is 560 g/mol. The molecule has 1 atom stereocenters. The number of carbonyl (C=O) groups is 2. The van der Waals surface area contributed by atoms with E-state index in [1.807, 2.05) is 84.1 Å². The van der Waals surface area contributed by atoms with E-state index in [-0.39, 0.29) is 17.1 Å². The smallest absolute Gasteiger partial charge is 0.251 e. The van der Waals surface area contributed by atoms with Crippen LogP contribution in [0.4, 0.5) is 0 Å². The average molecular weight is 561 g/mol. The van der Waals surface area contributed by atoms with Crippen LogP contribution in [-0.2, 0) is 17.9 Å². The van der Waals surface area contributed by atoms with Gasteiger partial charge in [0.2, 0.25) is 5.91 Å². The fourth-order valence-corrected chi connectivity index (χ4v) is 5.78. The maximum Gasteiger partial charge on any atom is 0.251 e. The lowest BCUT2D eigenvalue weighted by Crippen LogP contribution is -2.32. The molecule has 2 N–H and O–H groups in total. The molecular formula is C32H28N6O2S. The van der Waals surface area contributed by atoms with Crippen molar-refractivity contribution in [2.24, 2.45) is 0 Å². The third-order valence-corrected chi connectivity index (χ3v) is 8.18. The number of pyridine rings is 1. The largest absolute Gasteiger partial charge is 0.351 e. The first-order valence-electron chi connectivity index (χ1n) is 13.5. The van der Waals surface area contributed by atoms with Crippen molar-refractivity contribution in [3.05, 3.63) is 114 Å². The number of hydrogen-bond donors (Lipinski definition) is 2. The van der Waals surface area contributed by atoms with Crippen LogP contribution in [0, 0.1) is 0 Å². The van der Waals surface area contributed by atoms with E-state index < -0.39 is 0 Å². The average Bonchev–Trinajstić information content (AvgIpc) is 3.42. The number of nitrogens with zero attached hydrogens (tertiary/aromatic N) is 4. The van der Waals surface area contributed by atoms with Gasteiger partial charge in [0.05, 0.1) is 21.8 Å². The summed E-state index contributed by atoms with van der Waals surface area (Å²) in [5.74, 6) is -0.254. The number of amides is 2. The number of aromatic nitrogens is 4. The number of thioether (sulfide) groups is 1. The van der Waals surface area contributed by atoms with Crippen molar-refractivity contribution in [3.8, 4) is 0 Å². The van der Waals surface area contributed by atoms with Gasteiger partial charge in [-0.05, 0) is 53.9 Å². The summed E-state index contributed by atoms with van der Waals surface area (Å²) in [4.78, 5) is 40.3. The Morgan fingerprint density at radius 2 is 1.63 bits per heavy atom. The molecule has 0 aliphatic carbocycles. The minimum atomic E-state index is -0.377. The third-order valence-electron chi connectivity index (χ3n) is 6.87. The molecule has 8 nitrogen and oxygen atoms in total. The second kappa shape index (κ2) is 11.8. The molecular weight excluding hydrogens is 532 g/mol. The van der Waals surface area contributed by atoms with Gasteiger partial charge in [-0.3, -0.25) is 19.0 Å². The minimum Gasteiger partial charge on any atom is -0.351 e. The van der Waals surface area contributed by atoms with Crippen LogP contribution in [0.5, 0.6) is 0 Å². The van der Waals surface area contributed by atoms with Crippen LogP contribution in [0.15, 0.2) is 102 Å². The summed E-state index contributed by atoms with van der Waals surface area (Å²) < 4.78 is 2.01. The van der Waals surface area contributed by atoms with E-state index in [1.165, 1.54) is 11.8 Å². The number of rotatable bonds is 9. The highest BCUT2D eigenvalue weighted by atomic mass is 32.2. The van der Waals surface area contributed by atoms with Crippen LogP contribution in [0.25, 0.3) is 27.6 Å². The number of carbonyl (C=O) groups excluding carboxylic acids is 2. The summed E-state index contributed by atoms with van der Waals surface area (Å²) in [5.41, 5.74) is 5.60. The number of para-hydroxylation sites is 2. The Morgan fingerprint density at radius 1 is 0.854 bits per heavy atom. The maximum absolute atomic E-state index is 13.2. The molecule has 3 aromatic heterocycles. The van der Waals surface area contributed by atoms with Crippen molar-refractivity contribution < 1.29 is 9.59 Å². The lowest BCUT2D eigenvalue weighted by atomic mass is 10.1. The van der Waals surface area contributed by atoms with Gasteiger partial charge in [0, 0.05) is 36.4 Å². The van der Waals surface area contributed by atoms with Crippen molar-refractivity contribution in [1.29, 1.82) is 0 Å². The number of fused-ring (bicyclic) bond motifs is 5. The van der Waals surface area contributed by atoms with Gasteiger partial charge >= 0.3 is 0 Å². The molecule has 0 unspecified atom stereocenters. The summed E-state index contributed by atoms with van der Waals surface area (Å²) >= 11 is 1.40. The molecule has 6 rings (SSSR count). The van der Waals surface area contributed by atoms with Gasteiger partial charge in [-0.15, -0.1) is 0 Å². The standard InChI is InChI=1S/C32H28N6O2S/c1-2-28(31(40)35-20-22-11-8-16-33-18-22)41-32-37-26-17-23(30(39)34-19-21-9-4-3-5-10-21)14-15-24(26)29-36-25-12-6-7-13-27(25)38(29)32/h3-18,28H,2,19-20H2,1H3,(H,34,39)(H,35,40)/t28-/m0/s1. The van der Waals surface area contributed by atoms with E-state index in [0.29, 0.717) is 35.7 Å². The summed E-state index contributed by atoms with van der Waals surface area (Å²) in [6.07, 6.45) is 4.06. The van der Waals surface area contributed by atoms with Gasteiger partial charge in [-0.1, -0.05) is 67.2 Å². The highest BCUT2D eigenvalue weighted by molar-refractivity contribution is 8.00. The van der Waals surface area contributed by atoms with E-state index >= 15 is 0 Å². The Labute approximate surface area is 241 Å². The van der Waals surface area contributed by atoms with Crippen molar-refractivity contribution in [3.63, 3.8) is 0 Å². The molecule has 0 aliphatic heterocycles. The Bertz CT molecular complexity index is 1860. The number of imidazole rings is 1. The van der Waals surface area contributed by atoms with Crippen molar-refractivity contribution in [2.75, 3.05) is 0 Å². The number of hydrogen-bond acceptors (Lipinski definition) is 6. The van der Waals surface area contributed by atoms with Crippen LogP contribution < -0.4 is 10.6 Å². The van der Waals surface area contributed by atoms with Crippen LogP contribution >= 0.6 is 11.8 Å².